The van der Waals surface area contributed by atoms with Crippen LogP contribution in [-0.4, -0.2) is 24.9 Å². The molecule has 0 radical (unpaired) electrons. The van der Waals surface area contributed by atoms with Crippen LogP contribution < -0.4 is 10.6 Å². The lowest BCUT2D eigenvalue weighted by Crippen LogP contribution is -2.23. The normalized spacial score (nSPS) is 10.3. The molecule has 1 aromatic heterocycles. The van der Waals surface area contributed by atoms with Gasteiger partial charge < -0.3 is 19.8 Å². The SMILES string of the molecule is COC(=O)c1cc(CNC(=O)c2cccc(Cl)c2)cc(NC(=O)c2ccco2)c1. The first-order chi connectivity index (χ1) is 14.0. The van der Waals surface area contributed by atoms with Crippen LogP contribution in [0.15, 0.2) is 65.3 Å². The van der Waals surface area contributed by atoms with Crippen molar-refractivity contribution in [2.75, 3.05) is 12.4 Å². The molecule has 2 N–H and O–H groups in total. The first-order valence-corrected chi connectivity index (χ1v) is 8.95. The molecule has 0 saturated carbocycles. The Morgan fingerprint density at radius 3 is 2.52 bits per heavy atom. The van der Waals surface area contributed by atoms with Gasteiger partial charge in [0.15, 0.2) is 5.76 Å². The Bertz CT molecular complexity index is 1050. The van der Waals surface area contributed by atoms with Gasteiger partial charge in [0.05, 0.1) is 18.9 Å². The Kier molecular flexibility index (Phi) is 6.31. The van der Waals surface area contributed by atoms with Crippen LogP contribution in [0.2, 0.25) is 5.02 Å². The quantitative estimate of drug-likeness (QED) is 0.598. The molecular formula is C21H17ClN2O5. The summed E-state index contributed by atoms with van der Waals surface area (Å²) in [5.41, 5.74) is 1.60. The van der Waals surface area contributed by atoms with Crippen molar-refractivity contribution >= 4 is 35.1 Å². The molecule has 29 heavy (non-hydrogen) atoms. The van der Waals surface area contributed by atoms with Crippen molar-refractivity contribution in [3.63, 3.8) is 0 Å². The summed E-state index contributed by atoms with van der Waals surface area (Å²) in [4.78, 5) is 36.5. The molecule has 3 aromatic rings. The molecule has 2 aromatic carbocycles. The van der Waals surface area contributed by atoms with E-state index in [1.807, 2.05) is 0 Å². The van der Waals surface area contributed by atoms with Gasteiger partial charge in [0.25, 0.3) is 11.8 Å². The summed E-state index contributed by atoms with van der Waals surface area (Å²) >= 11 is 5.91. The highest BCUT2D eigenvalue weighted by Crippen LogP contribution is 2.18. The van der Waals surface area contributed by atoms with Crippen molar-refractivity contribution in [3.05, 3.63) is 88.3 Å². The highest BCUT2D eigenvalue weighted by Gasteiger charge is 2.14. The van der Waals surface area contributed by atoms with E-state index >= 15 is 0 Å². The van der Waals surface area contributed by atoms with Crippen molar-refractivity contribution < 1.29 is 23.5 Å². The molecule has 0 saturated heterocycles. The van der Waals surface area contributed by atoms with Gasteiger partial charge in [0.2, 0.25) is 0 Å². The molecule has 0 bridgehead atoms. The predicted octanol–water partition coefficient (Wildman–Crippen LogP) is 3.90. The first kappa shape index (κ1) is 20.2. The number of anilines is 1. The zero-order valence-corrected chi connectivity index (χ0v) is 16.2. The highest BCUT2D eigenvalue weighted by atomic mass is 35.5. The van der Waals surface area contributed by atoms with Crippen LogP contribution >= 0.6 is 11.6 Å². The van der Waals surface area contributed by atoms with Gasteiger partial charge in [0, 0.05) is 22.8 Å². The molecule has 2 amide bonds. The van der Waals surface area contributed by atoms with Crippen molar-refractivity contribution in [1.29, 1.82) is 0 Å². The number of carbonyl (C=O) groups is 3. The van der Waals surface area contributed by atoms with Gasteiger partial charge in [-0.25, -0.2) is 4.79 Å². The summed E-state index contributed by atoms with van der Waals surface area (Å²) in [5.74, 6) is -1.23. The Morgan fingerprint density at radius 2 is 1.83 bits per heavy atom. The number of ether oxygens (including phenoxy) is 1. The molecule has 7 nitrogen and oxygen atoms in total. The van der Waals surface area contributed by atoms with Crippen molar-refractivity contribution in [2.24, 2.45) is 0 Å². The minimum atomic E-state index is -0.568. The largest absolute Gasteiger partial charge is 0.465 e. The van der Waals surface area contributed by atoms with E-state index in [0.29, 0.717) is 21.8 Å². The minimum Gasteiger partial charge on any atom is -0.465 e. The van der Waals surface area contributed by atoms with Crippen LogP contribution in [0.5, 0.6) is 0 Å². The Morgan fingerprint density at radius 1 is 1.00 bits per heavy atom. The van der Waals surface area contributed by atoms with Gasteiger partial charge in [-0.3, -0.25) is 9.59 Å². The molecule has 148 valence electrons. The summed E-state index contributed by atoms with van der Waals surface area (Å²) in [6.07, 6.45) is 1.39. The number of nitrogens with one attached hydrogen (secondary N) is 2. The first-order valence-electron chi connectivity index (χ1n) is 8.57. The number of hydrogen-bond acceptors (Lipinski definition) is 5. The summed E-state index contributed by atoms with van der Waals surface area (Å²) in [7, 11) is 1.26. The fourth-order valence-corrected chi connectivity index (χ4v) is 2.81. The van der Waals surface area contributed by atoms with Crippen LogP contribution in [0.1, 0.15) is 36.8 Å². The maximum absolute atomic E-state index is 12.3. The minimum absolute atomic E-state index is 0.125. The van der Waals surface area contributed by atoms with Gasteiger partial charge in [0.1, 0.15) is 0 Å². The third kappa shape index (κ3) is 5.24. The van der Waals surface area contributed by atoms with Crippen molar-refractivity contribution in [3.8, 4) is 0 Å². The number of rotatable bonds is 6. The molecule has 0 aliphatic rings. The molecule has 0 spiro atoms. The molecule has 0 unspecified atom stereocenters. The summed E-state index contributed by atoms with van der Waals surface area (Å²) in [6.45, 7) is 0.125. The van der Waals surface area contributed by atoms with E-state index in [1.54, 1.807) is 42.5 Å². The standard InChI is InChI=1S/C21H17ClN2O5/c1-28-21(27)15-8-13(12-23-19(25)14-4-2-5-16(22)10-14)9-17(11-15)24-20(26)18-6-3-7-29-18/h2-11H,12H2,1H3,(H,23,25)(H,24,26). The third-order valence-corrected chi connectivity index (χ3v) is 4.19. The second-order valence-corrected chi connectivity index (χ2v) is 6.47. The lowest BCUT2D eigenvalue weighted by atomic mass is 10.1. The smallest absolute Gasteiger partial charge is 0.337 e. The summed E-state index contributed by atoms with van der Waals surface area (Å²) < 4.78 is 9.82. The fourth-order valence-electron chi connectivity index (χ4n) is 2.62. The molecular weight excluding hydrogens is 396 g/mol. The molecule has 3 rings (SSSR count). The van der Waals surface area contributed by atoms with E-state index in [4.69, 9.17) is 20.8 Å². The fraction of sp³-hybridized carbons (Fsp3) is 0.0952. The maximum atomic E-state index is 12.3. The van der Waals surface area contributed by atoms with Crippen LogP contribution in [0.3, 0.4) is 0 Å². The number of furan rings is 1. The number of esters is 1. The average Bonchev–Trinajstić information content (AvgIpc) is 3.26. The Balaban J connectivity index is 1.78. The Labute approximate surface area is 171 Å². The number of benzene rings is 2. The van der Waals surface area contributed by atoms with E-state index in [9.17, 15) is 14.4 Å². The number of methoxy groups -OCH3 is 1. The Hall–Kier alpha value is -3.58. The van der Waals surface area contributed by atoms with Gasteiger partial charge in [-0.2, -0.15) is 0 Å². The average molecular weight is 413 g/mol. The van der Waals surface area contributed by atoms with Crippen molar-refractivity contribution in [1.82, 2.24) is 5.32 Å². The van der Waals surface area contributed by atoms with E-state index in [0.717, 1.165) is 0 Å². The van der Waals surface area contributed by atoms with Crippen LogP contribution in [0, 0.1) is 0 Å². The second kappa shape index (κ2) is 9.07. The van der Waals surface area contributed by atoms with Gasteiger partial charge >= 0.3 is 5.97 Å². The van der Waals surface area contributed by atoms with E-state index < -0.39 is 11.9 Å². The number of hydrogen-bond donors (Lipinski definition) is 2. The van der Waals surface area contributed by atoms with E-state index in [1.165, 1.54) is 25.5 Å². The molecule has 8 heteroatoms. The van der Waals surface area contributed by atoms with E-state index in [-0.39, 0.29) is 23.8 Å². The second-order valence-electron chi connectivity index (χ2n) is 6.03. The number of carbonyl (C=O) groups excluding carboxylic acids is 3. The topological polar surface area (TPSA) is 97.6 Å². The third-order valence-electron chi connectivity index (χ3n) is 3.96. The lowest BCUT2D eigenvalue weighted by molar-refractivity contribution is 0.0600. The van der Waals surface area contributed by atoms with Crippen LogP contribution in [-0.2, 0) is 11.3 Å². The summed E-state index contributed by atoms with van der Waals surface area (Å²) in [6, 6.07) is 14.4. The van der Waals surface area contributed by atoms with Gasteiger partial charge in [-0.05, 0) is 54.1 Å². The molecule has 0 aliphatic heterocycles. The van der Waals surface area contributed by atoms with Crippen LogP contribution in [0.4, 0.5) is 5.69 Å². The van der Waals surface area contributed by atoms with Crippen molar-refractivity contribution in [2.45, 2.75) is 6.54 Å². The molecule has 0 atom stereocenters. The zero-order valence-electron chi connectivity index (χ0n) is 15.4. The van der Waals surface area contributed by atoms with Gasteiger partial charge in [-0.1, -0.05) is 17.7 Å². The number of halogens is 1. The number of amides is 2. The zero-order chi connectivity index (χ0) is 20.8. The molecule has 0 fully saturated rings. The van der Waals surface area contributed by atoms with E-state index in [2.05, 4.69) is 10.6 Å². The highest BCUT2D eigenvalue weighted by molar-refractivity contribution is 6.30. The van der Waals surface area contributed by atoms with Gasteiger partial charge in [-0.15, -0.1) is 0 Å². The predicted molar refractivity (Wildman–Crippen MR) is 107 cm³/mol. The lowest BCUT2D eigenvalue weighted by Gasteiger charge is -2.11. The molecule has 0 aliphatic carbocycles. The maximum Gasteiger partial charge on any atom is 0.337 e. The molecule has 1 heterocycles. The monoisotopic (exact) mass is 412 g/mol. The summed E-state index contributed by atoms with van der Waals surface area (Å²) in [5, 5.41) is 5.87. The van der Waals surface area contributed by atoms with Crippen LogP contribution in [0.25, 0.3) is 0 Å².